The molecule has 1 aliphatic heterocycles. The van der Waals surface area contributed by atoms with Gasteiger partial charge in [0.25, 0.3) is 5.91 Å². The maximum atomic E-state index is 12.8. The minimum absolute atomic E-state index is 0.0211. The monoisotopic (exact) mass is 360 g/mol. The topological polar surface area (TPSA) is 68.6 Å². The fraction of sp³-hybridized carbons (Fsp3) is 0.389. The molecule has 0 fully saturated rings. The van der Waals surface area contributed by atoms with E-state index in [4.69, 9.17) is 4.74 Å². The Morgan fingerprint density at radius 1 is 1.36 bits per heavy atom. The Hall–Kier alpha value is -2.41. The number of hydrogen-bond acceptors (Lipinski definition) is 5. The zero-order chi connectivity index (χ0) is 18.1. The number of rotatable bonds is 4. The number of carbonyl (C=O) groups is 2. The molecule has 3 rings (SSSR count). The molecular weight excluding hydrogens is 340 g/mol. The van der Waals surface area contributed by atoms with E-state index in [0.29, 0.717) is 5.69 Å². The molecule has 0 bridgehead atoms. The molecule has 7 heteroatoms. The minimum atomic E-state index is -0.907. The SMILES string of the molecule is Cc1csc(=O)n1CC(=O)O[C@@H](C)C(=O)N1c2ccccc2C[C@H]1C. The van der Waals surface area contributed by atoms with Crippen LogP contribution in [0.25, 0.3) is 0 Å². The van der Waals surface area contributed by atoms with Crippen molar-refractivity contribution in [2.75, 3.05) is 4.90 Å². The molecular formula is C18H20N2O4S. The molecule has 0 unspecified atom stereocenters. The van der Waals surface area contributed by atoms with Crippen molar-refractivity contribution in [3.8, 4) is 0 Å². The minimum Gasteiger partial charge on any atom is -0.451 e. The molecule has 1 aromatic carbocycles. The summed E-state index contributed by atoms with van der Waals surface area (Å²) in [6.07, 6.45) is -0.123. The molecule has 2 aromatic rings. The standard InChI is InChI=1S/C18H20N2O4S/c1-11-8-14-6-4-5-7-15(14)20(11)17(22)13(3)24-16(21)9-19-12(2)10-25-18(19)23/h4-7,10-11,13H,8-9H2,1-3H3/t11-,13+/m1/s1. The van der Waals surface area contributed by atoms with E-state index in [1.165, 1.54) is 4.57 Å². The average molecular weight is 360 g/mol. The van der Waals surface area contributed by atoms with Gasteiger partial charge < -0.3 is 9.64 Å². The van der Waals surface area contributed by atoms with Gasteiger partial charge in [0.05, 0.1) is 0 Å². The smallest absolute Gasteiger partial charge is 0.326 e. The Labute approximate surface area is 149 Å². The predicted octanol–water partition coefficient (Wildman–Crippen LogP) is 2.13. The molecule has 132 valence electrons. The number of hydrogen-bond donors (Lipinski definition) is 0. The van der Waals surface area contributed by atoms with Crippen molar-refractivity contribution in [3.05, 3.63) is 50.6 Å². The van der Waals surface area contributed by atoms with Crippen LogP contribution >= 0.6 is 11.3 Å². The van der Waals surface area contributed by atoms with Crippen LogP contribution in [0.5, 0.6) is 0 Å². The number of aryl methyl sites for hydroxylation is 1. The summed E-state index contributed by atoms with van der Waals surface area (Å²) >= 11 is 1.04. The van der Waals surface area contributed by atoms with Crippen molar-refractivity contribution in [3.63, 3.8) is 0 Å². The molecule has 1 amide bonds. The van der Waals surface area contributed by atoms with Gasteiger partial charge in [-0.2, -0.15) is 0 Å². The van der Waals surface area contributed by atoms with Gasteiger partial charge >= 0.3 is 10.8 Å². The molecule has 25 heavy (non-hydrogen) atoms. The lowest BCUT2D eigenvalue weighted by Crippen LogP contribution is -2.43. The number of anilines is 1. The molecule has 2 atom stereocenters. The van der Waals surface area contributed by atoms with E-state index in [-0.39, 0.29) is 23.4 Å². The van der Waals surface area contributed by atoms with E-state index in [1.54, 1.807) is 24.1 Å². The van der Waals surface area contributed by atoms with Crippen LogP contribution in [0.4, 0.5) is 5.69 Å². The highest BCUT2D eigenvalue weighted by molar-refractivity contribution is 7.07. The van der Waals surface area contributed by atoms with Gasteiger partial charge in [-0.25, -0.2) is 0 Å². The van der Waals surface area contributed by atoms with Crippen LogP contribution < -0.4 is 9.77 Å². The maximum Gasteiger partial charge on any atom is 0.326 e. The first-order chi connectivity index (χ1) is 11.9. The quantitative estimate of drug-likeness (QED) is 0.784. The highest BCUT2D eigenvalue weighted by Gasteiger charge is 2.34. The first-order valence-electron chi connectivity index (χ1n) is 8.14. The van der Waals surface area contributed by atoms with Crippen molar-refractivity contribution in [1.82, 2.24) is 4.57 Å². The first kappa shape index (κ1) is 17.4. The number of ether oxygens (including phenoxy) is 1. The fourth-order valence-electron chi connectivity index (χ4n) is 3.11. The van der Waals surface area contributed by atoms with Gasteiger partial charge in [0.15, 0.2) is 6.10 Å². The number of para-hydroxylation sites is 1. The summed E-state index contributed by atoms with van der Waals surface area (Å²) in [7, 11) is 0. The molecule has 0 spiro atoms. The van der Waals surface area contributed by atoms with E-state index >= 15 is 0 Å². The molecule has 0 aliphatic carbocycles. The van der Waals surface area contributed by atoms with Gasteiger partial charge in [0, 0.05) is 22.8 Å². The van der Waals surface area contributed by atoms with E-state index in [9.17, 15) is 14.4 Å². The van der Waals surface area contributed by atoms with Gasteiger partial charge in [-0.05, 0) is 38.8 Å². The normalized spacial score (nSPS) is 17.2. The summed E-state index contributed by atoms with van der Waals surface area (Å²) < 4.78 is 6.63. The molecule has 1 aromatic heterocycles. The largest absolute Gasteiger partial charge is 0.451 e. The van der Waals surface area contributed by atoms with E-state index < -0.39 is 12.1 Å². The van der Waals surface area contributed by atoms with Crippen LogP contribution in [0.2, 0.25) is 0 Å². The number of thiazole rings is 1. The van der Waals surface area contributed by atoms with Gasteiger partial charge in [-0.15, -0.1) is 0 Å². The summed E-state index contributed by atoms with van der Waals surface area (Å²) in [6, 6.07) is 7.76. The molecule has 0 saturated carbocycles. The van der Waals surface area contributed by atoms with Crippen molar-refractivity contribution in [2.24, 2.45) is 0 Å². The molecule has 0 radical (unpaired) electrons. The van der Waals surface area contributed by atoms with Crippen LogP contribution in [-0.2, 0) is 27.3 Å². The third-order valence-electron chi connectivity index (χ3n) is 4.36. The summed E-state index contributed by atoms with van der Waals surface area (Å²) in [5.74, 6) is -0.843. The van der Waals surface area contributed by atoms with Crippen LogP contribution in [0, 0.1) is 6.92 Å². The summed E-state index contributed by atoms with van der Waals surface area (Å²) in [6.45, 7) is 5.11. The second-order valence-corrected chi connectivity index (χ2v) is 7.07. The Bertz CT molecular complexity index is 870. The lowest BCUT2D eigenvalue weighted by atomic mass is 10.1. The second kappa shape index (κ2) is 6.84. The average Bonchev–Trinajstić information content (AvgIpc) is 3.07. The molecule has 0 N–H and O–H groups in total. The van der Waals surface area contributed by atoms with Gasteiger partial charge in [-0.1, -0.05) is 29.5 Å². The third kappa shape index (κ3) is 3.37. The van der Waals surface area contributed by atoms with E-state index in [1.807, 2.05) is 31.2 Å². The number of amides is 1. The van der Waals surface area contributed by atoms with Crippen LogP contribution in [0.1, 0.15) is 25.1 Å². The van der Waals surface area contributed by atoms with Gasteiger partial charge in [-0.3, -0.25) is 19.0 Å². The molecule has 6 nitrogen and oxygen atoms in total. The number of carbonyl (C=O) groups excluding carboxylic acids is 2. The summed E-state index contributed by atoms with van der Waals surface area (Å²) in [5.41, 5.74) is 2.68. The molecule has 2 heterocycles. The van der Waals surface area contributed by atoms with Crippen molar-refractivity contribution in [2.45, 2.75) is 45.9 Å². The Morgan fingerprint density at radius 2 is 2.08 bits per heavy atom. The second-order valence-electron chi connectivity index (χ2n) is 6.25. The predicted molar refractivity (Wildman–Crippen MR) is 96.0 cm³/mol. The fourth-order valence-corrected chi connectivity index (χ4v) is 3.84. The number of fused-ring (bicyclic) bond motifs is 1. The zero-order valence-corrected chi connectivity index (χ0v) is 15.2. The molecule has 0 saturated heterocycles. The maximum absolute atomic E-state index is 12.8. The first-order valence-corrected chi connectivity index (χ1v) is 9.02. The molecule has 1 aliphatic rings. The zero-order valence-electron chi connectivity index (χ0n) is 14.4. The van der Waals surface area contributed by atoms with Crippen LogP contribution in [-0.4, -0.2) is 28.6 Å². The Kier molecular flexibility index (Phi) is 4.76. The number of nitrogens with zero attached hydrogens (tertiary/aromatic N) is 2. The number of esters is 1. The number of aromatic nitrogens is 1. The van der Waals surface area contributed by atoms with Gasteiger partial charge in [0.1, 0.15) is 6.54 Å². The van der Waals surface area contributed by atoms with Crippen molar-refractivity contribution < 1.29 is 14.3 Å². The lowest BCUT2D eigenvalue weighted by molar-refractivity contribution is -0.154. The van der Waals surface area contributed by atoms with Crippen LogP contribution in [0.15, 0.2) is 34.4 Å². The summed E-state index contributed by atoms with van der Waals surface area (Å²) in [5, 5.41) is 1.69. The lowest BCUT2D eigenvalue weighted by Gasteiger charge is -2.26. The Balaban J connectivity index is 1.69. The van der Waals surface area contributed by atoms with Crippen molar-refractivity contribution >= 4 is 28.9 Å². The number of benzene rings is 1. The third-order valence-corrected chi connectivity index (χ3v) is 5.25. The summed E-state index contributed by atoms with van der Waals surface area (Å²) in [4.78, 5) is 38.1. The van der Waals surface area contributed by atoms with E-state index in [0.717, 1.165) is 29.0 Å². The highest BCUT2D eigenvalue weighted by atomic mass is 32.1. The van der Waals surface area contributed by atoms with Crippen LogP contribution in [0.3, 0.4) is 0 Å². The van der Waals surface area contributed by atoms with Gasteiger partial charge in [0.2, 0.25) is 0 Å². The Morgan fingerprint density at radius 3 is 2.76 bits per heavy atom. The van der Waals surface area contributed by atoms with Crippen molar-refractivity contribution in [1.29, 1.82) is 0 Å². The van der Waals surface area contributed by atoms with E-state index in [2.05, 4.69) is 0 Å². The highest BCUT2D eigenvalue weighted by Crippen LogP contribution is 2.32.